The standard InChI is InChI=1S/C20H28N2O.ClH/c1-16-7-3-4-8-18(16)20(11-5-2-6-12-20)19(23)22-15-17-9-13-21-14-10-17;/h3-4,7-9,21H,2,5-6,10-15H2,1H3,(H,22,23);1H. The van der Waals surface area contributed by atoms with E-state index < -0.39 is 0 Å². The van der Waals surface area contributed by atoms with Gasteiger partial charge in [-0.15, -0.1) is 12.4 Å². The molecule has 0 bridgehead atoms. The third-order valence-electron chi connectivity index (χ3n) is 5.44. The van der Waals surface area contributed by atoms with Gasteiger partial charge in [0, 0.05) is 13.1 Å². The average Bonchev–Trinajstić information content (AvgIpc) is 2.61. The minimum atomic E-state index is -0.322. The molecule has 1 fully saturated rings. The SMILES string of the molecule is Cc1ccccc1C1(C(=O)NCC2=CCNCC2)CCCCC1.Cl. The predicted molar refractivity (Wildman–Crippen MR) is 102 cm³/mol. The van der Waals surface area contributed by atoms with Crippen LogP contribution in [0.4, 0.5) is 0 Å². The van der Waals surface area contributed by atoms with Crippen LogP contribution in [-0.4, -0.2) is 25.5 Å². The summed E-state index contributed by atoms with van der Waals surface area (Å²) in [6, 6.07) is 8.42. The van der Waals surface area contributed by atoms with Crippen LogP contribution < -0.4 is 10.6 Å². The molecule has 3 nitrogen and oxygen atoms in total. The Morgan fingerprint density at radius 1 is 1.21 bits per heavy atom. The molecule has 0 aromatic heterocycles. The van der Waals surface area contributed by atoms with Gasteiger partial charge in [0.25, 0.3) is 0 Å². The first kappa shape index (κ1) is 19.0. The maximum atomic E-state index is 13.2. The summed E-state index contributed by atoms with van der Waals surface area (Å²) in [4.78, 5) is 13.2. The molecule has 1 aliphatic heterocycles. The molecule has 132 valence electrons. The van der Waals surface area contributed by atoms with Crippen LogP contribution in [0, 0.1) is 6.92 Å². The van der Waals surface area contributed by atoms with E-state index in [-0.39, 0.29) is 23.7 Å². The lowest BCUT2D eigenvalue weighted by Crippen LogP contribution is -2.47. The highest BCUT2D eigenvalue weighted by Gasteiger charge is 2.41. The Hall–Kier alpha value is -1.32. The molecule has 24 heavy (non-hydrogen) atoms. The van der Waals surface area contributed by atoms with Gasteiger partial charge in [0.05, 0.1) is 5.41 Å². The zero-order valence-electron chi connectivity index (χ0n) is 14.6. The van der Waals surface area contributed by atoms with Crippen LogP contribution in [0.25, 0.3) is 0 Å². The number of hydrogen-bond acceptors (Lipinski definition) is 2. The fourth-order valence-electron chi connectivity index (χ4n) is 4.08. The summed E-state index contributed by atoms with van der Waals surface area (Å²) in [6.07, 6.45) is 8.75. The number of hydrogen-bond donors (Lipinski definition) is 2. The molecule has 4 heteroatoms. The van der Waals surface area contributed by atoms with Crippen molar-refractivity contribution in [3.63, 3.8) is 0 Å². The van der Waals surface area contributed by atoms with Crippen LogP contribution in [0.3, 0.4) is 0 Å². The average molecular weight is 349 g/mol. The number of rotatable bonds is 4. The highest BCUT2D eigenvalue weighted by Crippen LogP contribution is 2.41. The molecule has 1 aromatic carbocycles. The van der Waals surface area contributed by atoms with E-state index in [0.29, 0.717) is 6.54 Å². The van der Waals surface area contributed by atoms with Crippen molar-refractivity contribution < 1.29 is 4.79 Å². The van der Waals surface area contributed by atoms with Crippen molar-refractivity contribution in [2.75, 3.05) is 19.6 Å². The molecule has 3 rings (SSSR count). The van der Waals surface area contributed by atoms with Gasteiger partial charge in [-0.1, -0.05) is 55.2 Å². The molecule has 0 saturated heterocycles. The fourth-order valence-corrected chi connectivity index (χ4v) is 4.08. The smallest absolute Gasteiger partial charge is 0.230 e. The van der Waals surface area contributed by atoms with Gasteiger partial charge in [0.15, 0.2) is 0 Å². The summed E-state index contributed by atoms with van der Waals surface area (Å²) in [7, 11) is 0. The Labute approximate surface area is 151 Å². The second-order valence-corrected chi connectivity index (χ2v) is 6.96. The molecule has 1 heterocycles. The molecule has 1 aromatic rings. The van der Waals surface area contributed by atoms with Gasteiger partial charge in [-0.25, -0.2) is 0 Å². The van der Waals surface area contributed by atoms with Gasteiger partial charge in [-0.2, -0.15) is 0 Å². The van der Waals surface area contributed by atoms with Crippen LogP contribution in [0.5, 0.6) is 0 Å². The number of aryl methyl sites for hydroxylation is 1. The van der Waals surface area contributed by atoms with Crippen molar-refractivity contribution in [2.24, 2.45) is 0 Å². The second kappa shape index (κ2) is 8.68. The summed E-state index contributed by atoms with van der Waals surface area (Å²) in [5.74, 6) is 0.228. The lowest BCUT2D eigenvalue weighted by atomic mass is 9.67. The van der Waals surface area contributed by atoms with Crippen molar-refractivity contribution in [1.29, 1.82) is 0 Å². The summed E-state index contributed by atoms with van der Waals surface area (Å²) in [6.45, 7) is 4.78. The van der Waals surface area contributed by atoms with Crippen LogP contribution in [0.2, 0.25) is 0 Å². The van der Waals surface area contributed by atoms with Crippen molar-refractivity contribution in [3.8, 4) is 0 Å². The first-order valence-electron chi connectivity index (χ1n) is 8.95. The molecule has 0 atom stereocenters. The molecule has 1 saturated carbocycles. The monoisotopic (exact) mass is 348 g/mol. The lowest BCUT2D eigenvalue weighted by Gasteiger charge is -2.37. The fraction of sp³-hybridized carbons (Fsp3) is 0.550. The Kier molecular flexibility index (Phi) is 6.88. The number of benzene rings is 1. The minimum absolute atomic E-state index is 0. The van der Waals surface area contributed by atoms with Crippen LogP contribution >= 0.6 is 12.4 Å². The summed E-state index contributed by atoms with van der Waals surface area (Å²) >= 11 is 0. The van der Waals surface area contributed by atoms with Gasteiger partial charge < -0.3 is 10.6 Å². The number of amides is 1. The highest BCUT2D eigenvalue weighted by molar-refractivity contribution is 5.89. The number of halogens is 1. The van der Waals surface area contributed by atoms with Crippen LogP contribution in [-0.2, 0) is 10.2 Å². The zero-order valence-corrected chi connectivity index (χ0v) is 15.4. The van der Waals surface area contributed by atoms with Crippen molar-refractivity contribution in [1.82, 2.24) is 10.6 Å². The molecular weight excluding hydrogens is 320 g/mol. The van der Waals surface area contributed by atoms with Crippen molar-refractivity contribution in [3.05, 3.63) is 47.0 Å². The highest BCUT2D eigenvalue weighted by atomic mass is 35.5. The van der Waals surface area contributed by atoms with Crippen molar-refractivity contribution >= 4 is 18.3 Å². The molecule has 1 amide bonds. The first-order chi connectivity index (χ1) is 11.2. The summed E-state index contributed by atoms with van der Waals surface area (Å²) in [5.41, 5.74) is 3.51. The Balaban J connectivity index is 0.00000208. The van der Waals surface area contributed by atoms with E-state index in [2.05, 4.69) is 47.9 Å². The lowest BCUT2D eigenvalue weighted by molar-refractivity contribution is -0.127. The number of nitrogens with one attached hydrogen (secondary N) is 2. The van der Waals surface area contributed by atoms with E-state index in [1.165, 1.54) is 23.1 Å². The Bertz CT molecular complexity index is 591. The number of carbonyl (C=O) groups excluding carboxylic acids is 1. The maximum Gasteiger partial charge on any atom is 0.230 e. The summed E-state index contributed by atoms with van der Waals surface area (Å²) in [5, 5.41) is 6.57. The maximum absolute atomic E-state index is 13.2. The van der Waals surface area contributed by atoms with Crippen LogP contribution in [0.1, 0.15) is 49.7 Å². The third-order valence-corrected chi connectivity index (χ3v) is 5.44. The molecule has 1 aliphatic carbocycles. The normalized spacial score (nSPS) is 19.8. The van der Waals surface area contributed by atoms with Crippen LogP contribution in [0.15, 0.2) is 35.9 Å². The third kappa shape index (κ3) is 4.01. The molecule has 2 N–H and O–H groups in total. The molecule has 0 radical (unpaired) electrons. The van der Waals surface area contributed by atoms with Crippen molar-refractivity contribution in [2.45, 2.75) is 50.9 Å². The second-order valence-electron chi connectivity index (χ2n) is 6.96. The Morgan fingerprint density at radius 3 is 2.62 bits per heavy atom. The summed E-state index contributed by atoms with van der Waals surface area (Å²) < 4.78 is 0. The van der Waals surface area contributed by atoms with E-state index >= 15 is 0 Å². The van der Waals surface area contributed by atoms with E-state index in [1.807, 2.05) is 0 Å². The van der Waals surface area contributed by atoms with E-state index in [4.69, 9.17) is 0 Å². The first-order valence-corrected chi connectivity index (χ1v) is 8.95. The molecular formula is C20H29ClN2O. The quantitative estimate of drug-likeness (QED) is 0.815. The largest absolute Gasteiger partial charge is 0.352 e. The minimum Gasteiger partial charge on any atom is -0.352 e. The molecule has 0 unspecified atom stereocenters. The molecule has 2 aliphatic rings. The topological polar surface area (TPSA) is 41.1 Å². The Morgan fingerprint density at radius 2 is 1.96 bits per heavy atom. The van der Waals surface area contributed by atoms with Gasteiger partial charge in [0.1, 0.15) is 0 Å². The predicted octanol–water partition coefficient (Wildman–Crippen LogP) is 3.65. The van der Waals surface area contributed by atoms with Gasteiger partial charge in [-0.05, 0) is 43.9 Å². The molecule has 0 spiro atoms. The van der Waals surface area contributed by atoms with Gasteiger partial charge >= 0.3 is 0 Å². The van der Waals surface area contributed by atoms with E-state index in [9.17, 15) is 4.79 Å². The van der Waals surface area contributed by atoms with Gasteiger partial charge in [0.2, 0.25) is 5.91 Å². The van der Waals surface area contributed by atoms with E-state index in [1.54, 1.807) is 0 Å². The van der Waals surface area contributed by atoms with E-state index in [0.717, 1.165) is 45.2 Å². The number of carbonyl (C=O) groups is 1. The van der Waals surface area contributed by atoms with Gasteiger partial charge in [-0.3, -0.25) is 4.79 Å². The zero-order chi connectivity index (χ0) is 16.1.